The third-order valence-electron chi connectivity index (χ3n) is 5.89. The van der Waals surface area contributed by atoms with Crippen LogP contribution >= 0.6 is 11.6 Å². The van der Waals surface area contributed by atoms with Crippen LogP contribution in [-0.4, -0.2) is 29.8 Å². The van der Waals surface area contributed by atoms with E-state index < -0.39 is 0 Å². The molecule has 0 radical (unpaired) electrons. The molecule has 0 spiro atoms. The quantitative estimate of drug-likeness (QED) is 0.628. The molecule has 0 unspecified atom stereocenters. The fraction of sp³-hybridized carbons (Fsp3) is 0.280. The van der Waals surface area contributed by atoms with Crippen LogP contribution in [-0.2, 0) is 16.0 Å². The summed E-state index contributed by atoms with van der Waals surface area (Å²) in [7, 11) is 0. The second-order valence-electron chi connectivity index (χ2n) is 7.90. The summed E-state index contributed by atoms with van der Waals surface area (Å²) in [4.78, 5) is 27.7. The number of carbonyl (C=O) groups excluding carboxylic acids is 2. The average molecular weight is 421 g/mol. The molecule has 0 saturated carbocycles. The predicted molar refractivity (Wildman–Crippen MR) is 122 cm³/mol. The number of rotatable bonds is 4. The van der Waals surface area contributed by atoms with Crippen molar-refractivity contribution in [3.8, 4) is 0 Å². The molecular weight excluding hydrogens is 396 g/mol. The van der Waals surface area contributed by atoms with Gasteiger partial charge >= 0.3 is 0 Å². The van der Waals surface area contributed by atoms with Crippen LogP contribution in [0.1, 0.15) is 24.0 Å². The number of likely N-dealkylation sites (tertiary alicyclic amines) is 1. The van der Waals surface area contributed by atoms with Crippen molar-refractivity contribution in [2.75, 3.05) is 18.4 Å². The van der Waals surface area contributed by atoms with Crippen molar-refractivity contribution in [1.29, 1.82) is 0 Å². The van der Waals surface area contributed by atoms with Gasteiger partial charge < -0.3 is 10.2 Å². The molecule has 1 fully saturated rings. The molecule has 3 aromatic rings. The third kappa shape index (κ3) is 4.34. The van der Waals surface area contributed by atoms with Gasteiger partial charge in [0.2, 0.25) is 11.8 Å². The number of amides is 2. The van der Waals surface area contributed by atoms with Crippen LogP contribution in [0.5, 0.6) is 0 Å². The largest absolute Gasteiger partial charge is 0.342 e. The first-order valence-electron chi connectivity index (χ1n) is 10.3. The average Bonchev–Trinajstić information content (AvgIpc) is 2.77. The maximum absolute atomic E-state index is 13.0. The highest BCUT2D eigenvalue weighted by atomic mass is 35.5. The van der Waals surface area contributed by atoms with Crippen molar-refractivity contribution in [3.05, 3.63) is 76.8 Å². The number of anilines is 1. The van der Waals surface area contributed by atoms with Gasteiger partial charge in [-0.05, 0) is 53.8 Å². The Balaban J connectivity index is 1.43. The maximum atomic E-state index is 13.0. The number of hydrogen-bond donors (Lipinski definition) is 1. The van der Waals surface area contributed by atoms with Gasteiger partial charge in [0.05, 0.1) is 12.3 Å². The number of nitrogens with zero attached hydrogens (tertiary/aromatic N) is 1. The molecule has 1 aliphatic rings. The number of carbonyl (C=O) groups is 2. The van der Waals surface area contributed by atoms with Gasteiger partial charge in [0, 0.05) is 23.8 Å². The fourth-order valence-electron chi connectivity index (χ4n) is 4.12. The van der Waals surface area contributed by atoms with Crippen LogP contribution < -0.4 is 5.32 Å². The number of halogens is 1. The van der Waals surface area contributed by atoms with Gasteiger partial charge in [-0.3, -0.25) is 9.59 Å². The lowest BCUT2D eigenvalue weighted by Crippen LogP contribution is -2.44. The molecule has 4 rings (SSSR count). The molecule has 1 atom stereocenters. The summed E-state index contributed by atoms with van der Waals surface area (Å²) in [6.45, 7) is 3.04. The topological polar surface area (TPSA) is 49.4 Å². The SMILES string of the molecule is Cc1c(Cl)cccc1NC(=O)[C@H]1CCCN(C(=O)Cc2cccc3ccccc23)C1. The highest BCUT2D eigenvalue weighted by molar-refractivity contribution is 6.31. The summed E-state index contributed by atoms with van der Waals surface area (Å²) in [5, 5.41) is 5.86. The van der Waals surface area contributed by atoms with Gasteiger partial charge in [0.15, 0.2) is 0 Å². The molecule has 0 aliphatic carbocycles. The Kier molecular flexibility index (Phi) is 6.05. The summed E-state index contributed by atoms with van der Waals surface area (Å²) < 4.78 is 0. The molecule has 30 heavy (non-hydrogen) atoms. The summed E-state index contributed by atoms with van der Waals surface area (Å²) in [6, 6.07) is 19.7. The van der Waals surface area contributed by atoms with Crippen LogP contribution in [0.25, 0.3) is 10.8 Å². The third-order valence-corrected chi connectivity index (χ3v) is 6.30. The normalized spacial score (nSPS) is 16.5. The highest BCUT2D eigenvalue weighted by Gasteiger charge is 2.29. The van der Waals surface area contributed by atoms with E-state index in [0.29, 0.717) is 24.5 Å². The Morgan fingerprint density at radius 2 is 1.83 bits per heavy atom. The number of benzene rings is 3. The van der Waals surface area contributed by atoms with E-state index in [-0.39, 0.29) is 17.7 Å². The molecule has 0 bridgehead atoms. The molecule has 1 N–H and O–H groups in total. The number of nitrogens with one attached hydrogen (secondary N) is 1. The minimum absolute atomic E-state index is 0.0528. The van der Waals surface area contributed by atoms with Crippen molar-refractivity contribution in [2.45, 2.75) is 26.2 Å². The second kappa shape index (κ2) is 8.88. The van der Waals surface area contributed by atoms with Crippen molar-refractivity contribution in [3.63, 3.8) is 0 Å². The number of hydrogen-bond acceptors (Lipinski definition) is 2. The summed E-state index contributed by atoms with van der Waals surface area (Å²) >= 11 is 6.16. The molecule has 0 aromatic heterocycles. The zero-order valence-corrected chi connectivity index (χ0v) is 17.8. The Hall–Kier alpha value is -2.85. The zero-order chi connectivity index (χ0) is 21.1. The van der Waals surface area contributed by atoms with Crippen LogP contribution in [0.15, 0.2) is 60.7 Å². The lowest BCUT2D eigenvalue weighted by Gasteiger charge is -2.32. The number of piperidine rings is 1. The van der Waals surface area contributed by atoms with E-state index in [0.717, 1.165) is 40.4 Å². The molecule has 154 valence electrons. The van der Waals surface area contributed by atoms with Crippen LogP contribution in [0.3, 0.4) is 0 Å². The molecule has 4 nitrogen and oxygen atoms in total. The fourth-order valence-corrected chi connectivity index (χ4v) is 4.29. The molecule has 3 aromatic carbocycles. The van der Waals surface area contributed by atoms with Gasteiger partial charge in [-0.2, -0.15) is 0 Å². The van der Waals surface area contributed by atoms with Crippen molar-refractivity contribution in [2.24, 2.45) is 5.92 Å². The van der Waals surface area contributed by atoms with E-state index in [9.17, 15) is 9.59 Å². The van der Waals surface area contributed by atoms with E-state index in [1.807, 2.05) is 48.2 Å². The number of fused-ring (bicyclic) bond motifs is 1. The van der Waals surface area contributed by atoms with E-state index in [1.165, 1.54) is 0 Å². The summed E-state index contributed by atoms with van der Waals surface area (Å²) in [6.07, 6.45) is 1.96. The minimum atomic E-state index is -0.214. The first-order chi connectivity index (χ1) is 14.5. The van der Waals surface area contributed by atoms with Gasteiger partial charge in [0.25, 0.3) is 0 Å². The Morgan fingerprint density at radius 3 is 2.70 bits per heavy atom. The first-order valence-corrected chi connectivity index (χ1v) is 10.7. The maximum Gasteiger partial charge on any atom is 0.229 e. The van der Waals surface area contributed by atoms with Gasteiger partial charge in [-0.1, -0.05) is 60.1 Å². The molecule has 2 amide bonds. The highest BCUT2D eigenvalue weighted by Crippen LogP contribution is 2.26. The summed E-state index contributed by atoms with van der Waals surface area (Å²) in [5.41, 5.74) is 2.61. The van der Waals surface area contributed by atoms with Crippen molar-refractivity contribution < 1.29 is 9.59 Å². The molecule has 1 aliphatic heterocycles. The van der Waals surface area contributed by atoms with Gasteiger partial charge in [-0.15, -0.1) is 0 Å². The Labute approximate surface area is 181 Å². The van der Waals surface area contributed by atoms with Crippen LogP contribution in [0.4, 0.5) is 5.69 Å². The van der Waals surface area contributed by atoms with E-state index in [4.69, 9.17) is 11.6 Å². The van der Waals surface area contributed by atoms with Crippen LogP contribution in [0, 0.1) is 12.8 Å². The molecular formula is C25H25ClN2O2. The first kappa shape index (κ1) is 20.4. The molecule has 5 heteroatoms. The van der Waals surface area contributed by atoms with E-state index in [1.54, 1.807) is 6.07 Å². The lowest BCUT2D eigenvalue weighted by molar-refractivity contribution is -0.133. The van der Waals surface area contributed by atoms with Gasteiger partial charge in [0.1, 0.15) is 0 Å². The summed E-state index contributed by atoms with van der Waals surface area (Å²) in [5.74, 6) is -0.195. The van der Waals surface area contributed by atoms with E-state index in [2.05, 4.69) is 23.5 Å². The van der Waals surface area contributed by atoms with Crippen molar-refractivity contribution >= 4 is 39.9 Å². The Morgan fingerprint density at radius 1 is 1.07 bits per heavy atom. The minimum Gasteiger partial charge on any atom is -0.342 e. The monoisotopic (exact) mass is 420 g/mol. The zero-order valence-electron chi connectivity index (χ0n) is 17.0. The van der Waals surface area contributed by atoms with Gasteiger partial charge in [-0.25, -0.2) is 0 Å². The lowest BCUT2D eigenvalue weighted by atomic mass is 9.95. The second-order valence-corrected chi connectivity index (χ2v) is 8.30. The molecule has 1 saturated heterocycles. The molecule has 1 heterocycles. The smallest absolute Gasteiger partial charge is 0.229 e. The standard InChI is InChI=1S/C25H25ClN2O2/c1-17-22(26)12-5-13-23(17)27-25(30)20-10-6-14-28(16-20)24(29)15-19-9-4-8-18-7-2-3-11-21(18)19/h2-5,7-9,11-13,20H,6,10,14-16H2,1H3,(H,27,30)/t20-/m0/s1. The Bertz CT molecular complexity index is 1090. The predicted octanol–water partition coefficient (Wildman–Crippen LogP) is 5.22. The van der Waals surface area contributed by atoms with Crippen molar-refractivity contribution in [1.82, 2.24) is 4.90 Å². The van der Waals surface area contributed by atoms with Crippen LogP contribution in [0.2, 0.25) is 5.02 Å². The van der Waals surface area contributed by atoms with E-state index >= 15 is 0 Å².